The van der Waals surface area contributed by atoms with E-state index in [1.807, 2.05) is 19.1 Å². The van der Waals surface area contributed by atoms with E-state index < -0.39 is 18.0 Å². The predicted octanol–water partition coefficient (Wildman–Crippen LogP) is 3.24. The number of hydrogen-bond acceptors (Lipinski definition) is 5. The smallest absolute Gasteiger partial charge is 0.338 e. The lowest BCUT2D eigenvalue weighted by molar-refractivity contribution is -0.123. The first-order valence-electron chi connectivity index (χ1n) is 8.61. The molecule has 7 heteroatoms. The molecular weight excluding hydrogens is 356 g/mol. The van der Waals surface area contributed by atoms with E-state index in [0.717, 1.165) is 11.4 Å². The highest BCUT2D eigenvalue weighted by atomic mass is 16.5. The van der Waals surface area contributed by atoms with Gasteiger partial charge in [-0.05, 0) is 68.4 Å². The molecular formula is C21H18N4O3. The van der Waals surface area contributed by atoms with Crippen LogP contribution in [0.1, 0.15) is 28.5 Å². The van der Waals surface area contributed by atoms with Gasteiger partial charge in [0.05, 0.1) is 22.9 Å². The number of nitrogens with one attached hydrogen (secondary N) is 1. The van der Waals surface area contributed by atoms with Gasteiger partial charge in [0.15, 0.2) is 6.10 Å². The molecule has 0 bridgehead atoms. The molecule has 3 rings (SSSR count). The van der Waals surface area contributed by atoms with Crippen LogP contribution in [0.4, 0.5) is 5.69 Å². The lowest BCUT2D eigenvalue weighted by atomic mass is 10.2. The molecule has 0 spiro atoms. The molecule has 0 radical (unpaired) electrons. The van der Waals surface area contributed by atoms with E-state index in [0.29, 0.717) is 16.8 Å². The molecule has 0 aliphatic heterocycles. The zero-order valence-electron chi connectivity index (χ0n) is 15.4. The van der Waals surface area contributed by atoms with Crippen molar-refractivity contribution in [3.05, 3.63) is 77.6 Å². The van der Waals surface area contributed by atoms with Crippen molar-refractivity contribution in [3.63, 3.8) is 0 Å². The molecule has 2 aromatic carbocycles. The fraction of sp³-hybridized carbons (Fsp3) is 0.143. The van der Waals surface area contributed by atoms with E-state index >= 15 is 0 Å². The molecule has 7 nitrogen and oxygen atoms in total. The van der Waals surface area contributed by atoms with Crippen LogP contribution in [-0.2, 0) is 9.53 Å². The van der Waals surface area contributed by atoms with Gasteiger partial charge in [0.2, 0.25) is 0 Å². The Kier molecular flexibility index (Phi) is 5.51. The van der Waals surface area contributed by atoms with Gasteiger partial charge in [-0.2, -0.15) is 10.4 Å². The standard InChI is InChI=1S/C21H18N4O3/c1-14-11-12-23-25(14)19-9-5-17(6-10-19)21(27)28-15(2)20(26)24-18-7-3-16(13-22)4-8-18/h3-12,15H,1-2H3,(H,24,26)/t15-/m1/s1. The van der Waals surface area contributed by atoms with Crippen molar-refractivity contribution in [2.45, 2.75) is 20.0 Å². The van der Waals surface area contributed by atoms with Gasteiger partial charge in [0.25, 0.3) is 5.91 Å². The van der Waals surface area contributed by atoms with Crippen LogP contribution in [0, 0.1) is 18.3 Å². The summed E-state index contributed by atoms with van der Waals surface area (Å²) in [6.45, 7) is 3.43. The number of ether oxygens (including phenoxy) is 1. The highest BCUT2D eigenvalue weighted by molar-refractivity contribution is 5.97. The number of aromatic nitrogens is 2. The summed E-state index contributed by atoms with van der Waals surface area (Å²) >= 11 is 0. The van der Waals surface area contributed by atoms with E-state index in [2.05, 4.69) is 10.4 Å². The second kappa shape index (κ2) is 8.18. The number of nitriles is 1. The first kappa shape index (κ1) is 18.9. The number of aryl methyl sites for hydroxylation is 1. The topological polar surface area (TPSA) is 97.0 Å². The van der Waals surface area contributed by atoms with Gasteiger partial charge in [-0.15, -0.1) is 0 Å². The summed E-state index contributed by atoms with van der Waals surface area (Å²) < 4.78 is 7.00. The lowest BCUT2D eigenvalue weighted by Gasteiger charge is -2.14. The normalized spacial score (nSPS) is 11.3. The van der Waals surface area contributed by atoms with Crippen LogP contribution < -0.4 is 5.32 Å². The summed E-state index contributed by atoms with van der Waals surface area (Å²) in [5.41, 5.74) is 3.15. The van der Waals surface area contributed by atoms with Gasteiger partial charge < -0.3 is 10.1 Å². The molecule has 3 aromatic rings. The molecule has 0 aliphatic rings. The minimum Gasteiger partial charge on any atom is -0.449 e. The fourth-order valence-corrected chi connectivity index (χ4v) is 2.53. The molecule has 0 fully saturated rings. The summed E-state index contributed by atoms with van der Waals surface area (Å²) in [5.74, 6) is -1.05. The second-order valence-corrected chi connectivity index (χ2v) is 6.16. The Morgan fingerprint density at radius 2 is 1.79 bits per heavy atom. The van der Waals surface area contributed by atoms with E-state index in [1.54, 1.807) is 59.4 Å². The average molecular weight is 374 g/mol. The lowest BCUT2D eigenvalue weighted by Crippen LogP contribution is -2.30. The van der Waals surface area contributed by atoms with Crippen LogP contribution in [0.3, 0.4) is 0 Å². The van der Waals surface area contributed by atoms with Crippen LogP contribution in [0.2, 0.25) is 0 Å². The average Bonchev–Trinajstić information content (AvgIpc) is 3.14. The van der Waals surface area contributed by atoms with E-state index in [1.165, 1.54) is 6.92 Å². The maximum Gasteiger partial charge on any atom is 0.338 e. The molecule has 0 saturated carbocycles. The van der Waals surface area contributed by atoms with Crippen LogP contribution in [0.5, 0.6) is 0 Å². The van der Waals surface area contributed by atoms with E-state index in [4.69, 9.17) is 10.00 Å². The summed E-state index contributed by atoms with van der Waals surface area (Å²) in [4.78, 5) is 24.5. The summed E-state index contributed by atoms with van der Waals surface area (Å²) in [5, 5.41) is 15.6. The molecule has 0 aliphatic carbocycles. The van der Waals surface area contributed by atoms with Crippen LogP contribution in [0.25, 0.3) is 5.69 Å². The van der Waals surface area contributed by atoms with Gasteiger partial charge in [-0.1, -0.05) is 0 Å². The molecule has 1 amide bonds. The number of carbonyl (C=O) groups is 2. The van der Waals surface area contributed by atoms with E-state index in [-0.39, 0.29) is 0 Å². The third kappa shape index (κ3) is 4.24. The first-order chi connectivity index (χ1) is 13.5. The van der Waals surface area contributed by atoms with Crippen LogP contribution in [0.15, 0.2) is 60.8 Å². The Morgan fingerprint density at radius 1 is 1.11 bits per heavy atom. The van der Waals surface area contributed by atoms with Crippen LogP contribution in [-0.4, -0.2) is 27.8 Å². The minimum atomic E-state index is -0.976. The summed E-state index contributed by atoms with van der Waals surface area (Å²) in [6, 6.07) is 17.1. The molecule has 1 aromatic heterocycles. The van der Waals surface area contributed by atoms with Crippen molar-refractivity contribution in [3.8, 4) is 11.8 Å². The number of benzene rings is 2. The number of esters is 1. The van der Waals surface area contributed by atoms with Gasteiger partial charge in [0, 0.05) is 17.6 Å². The first-order valence-corrected chi connectivity index (χ1v) is 8.61. The summed E-state index contributed by atoms with van der Waals surface area (Å²) in [7, 11) is 0. The SMILES string of the molecule is Cc1ccnn1-c1ccc(C(=O)O[C@H](C)C(=O)Nc2ccc(C#N)cc2)cc1. The van der Waals surface area contributed by atoms with Crippen molar-refractivity contribution in [2.75, 3.05) is 5.32 Å². The maximum atomic E-state index is 12.3. The third-order valence-electron chi connectivity index (χ3n) is 4.11. The molecule has 140 valence electrons. The van der Waals surface area contributed by atoms with E-state index in [9.17, 15) is 9.59 Å². The molecule has 0 unspecified atom stereocenters. The predicted molar refractivity (Wildman–Crippen MR) is 103 cm³/mol. The Bertz CT molecular complexity index is 1030. The second-order valence-electron chi connectivity index (χ2n) is 6.16. The highest BCUT2D eigenvalue weighted by Gasteiger charge is 2.19. The van der Waals surface area contributed by atoms with Gasteiger partial charge >= 0.3 is 5.97 Å². The zero-order valence-corrected chi connectivity index (χ0v) is 15.4. The fourth-order valence-electron chi connectivity index (χ4n) is 2.53. The van der Waals surface area contributed by atoms with Gasteiger partial charge in [0.1, 0.15) is 0 Å². The highest BCUT2D eigenvalue weighted by Crippen LogP contribution is 2.14. The van der Waals surface area contributed by atoms with Crippen molar-refractivity contribution in [2.24, 2.45) is 0 Å². The number of amides is 1. The molecule has 28 heavy (non-hydrogen) atoms. The molecule has 1 N–H and O–H groups in total. The molecule has 1 atom stereocenters. The summed E-state index contributed by atoms with van der Waals surface area (Å²) in [6.07, 6.45) is 0.724. The number of hydrogen-bond donors (Lipinski definition) is 1. The number of carbonyl (C=O) groups excluding carboxylic acids is 2. The molecule has 0 saturated heterocycles. The van der Waals surface area contributed by atoms with Crippen molar-refractivity contribution in [1.82, 2.24) is 9.78 Å². The maximum absolute atomic E-state index is 12.3. The van der Waals surface area contributed by atoms with Crippen molar-refractivity contribution in [1.29, 1.82) is 5.26 Å². The third-order valence-corrected chi connectivity index (χ3v) is 4.11. The molecule has 1 heterocycles. The number of rotatable bonds is 5. The number of anilines is 1. The van der Waals surface area contributed by atoms with Gasteiger partial charge in [-0.25, -0.2) is 9.48 Å². The van der Waals surface area contributed by atoms with Crippen LogP contribution >= 0.6 is 0 Å². The van der Waals surface area contributed by atoms with Crippen molar-refractivity contribution >= 4 is 17.6 Å². The quantitative estimate of drug-likeness (QED) is 0.692. The Labute approximate surface area is 162 Å². The Hall–Kier alpha value is -3.92. The minimum absolute atomic E-state index is 0.339. The van der Waals surface area contributed by atoms with Crippen molar-refractivity contribution < 1.29 is 14.3 Å². The Balaban J connectivity index is 1.60. The Morgan fingerprint density at radius 3 is 2.36 bits per heavy atom. The van der Waals surface area contributed by atoms with Gasteiger partial charge in [-0.3, -0.25) is 4.79 Å². The monoisotopic (exact) mass is 374 g/mol. The number of nitrogens with zero attached hydrogens (tertiary/aromatic N) is 3. The zero-order chi connectivity index (χ0) is 20.1. The largest absolute Gasteiger partial charge is 0.449 e.